The lowest BCUT2D eigenvalue weighted by Gasteiger charge is -2.27. The minimum absolute atomic E-state index is 0.0345. The fraction of sp³-hybridized carbons (Fsp3) is 0.280. The first kappa shape index (κ1) is 29.8. The standard InChI is InChI=1S/C25H18F12P/c1-13-4-15(22(26,27)28)9-19(6-13)38(3,20-7-14(2)5-16(10-20)23(29,30)31)21-11-17(24(32,33)34)8-18(12-21)25(35,36)37/h4-12H,1-3H3/q+1. The fourth-order valence-electron chi connectivity index (χ4n) is 4.01. The summed E-state index contributed by atoms with van der Waals surface area (Å²) in [5.74, 6) is 0. The Kier molecular flexibility index (Phi) is 7.42. The second-order valence-corrected chi connectivity index (χ2v) is 12.4. The summed E-state index contributed by atoms with van der Waals surface area (Å²) in [5.41, 5.74) is -6.03. The number of rotatable bonds is 3. The van der Waals surface area contributed by atoms with Crippen molar-refractivity contribution >= 4 is 23.2 Å². The van der Waals surface area contributed by atoms with Crippen molar-refractivity contribution in [3.8, 4) is 0 Å². The maximum absolute atomic E-state index is 13.6. The van der Waals surface area contributed by atoms with Crippen LogP contribution in [0.4, 0.5) is 52.7 Å². The highest BCUT2D eigenvalue weighted by Crippen LogP contribution is 2.54. The first-order valence-corrected chi connectivity index (χ1v) is 12.8. The highest BCUT2D eigenvalue weighted by atomic mass is 31.2. The highest BCUT2D eigenvalue weighted by Gasteiger charge is 2.47. The molecule has 0 spiro atoms. The molecular weight excluding hydrogens is 559 g/mol. The minimum Gasteiger partial charge on any atom is -0.166 e. The SMILES string of the molecule is Cc1cc(C(F)(F)F)cc([P+](C)(c2cc(C)cc(C(F)(F)F)c2)c2cc(C(F)(F)F)cc(C(F)(F)F)c2)c1. The Morgan fingerprint density at radius 3 is 0.895 bits per heavy atom. The van der Waals surface area contributed by atoms with E-state index in [0.717, 1.165) is 30.9 Å². The predicted molar refractivity (Wildman–Crippen MR) is 121 cm³/mol. The van der Waals surface area contributed by atoms with Crippen LogP contribution >= 0.6 is 7.26 Å². The molecule has 0 bridgehead atoms. The zero-order valence-corrected chi connectivity index (χ0v) is 20.6. The Morgan fingerprint density at radius 1 is 0.395 bits per heavy atom. The van der Waals surface area contributed by atoms with E-state index < -0.39 is 59.5 Å². The fourth-order valence-corrected chi connectivity index (χ4v) is 7.42. The van der Waals surface area contributed by atoms with Gasteiger partial charge in [-0.3, -0.25) is 0 Å². The van der Waals surface area contributed by atoms with Crippen molar-refractivity contribution in [1.29, 1.82) is 0 Å². The quantitative estimate of drug-likeness (QED) is 0.217. The molecule has 0 atom stereocenters. The topological polar surface area (TPSA) is 0 Å². The number of alkyl halides is 12. The van der Waals surface area contributed by atoms with Gasteiger partial charge in [-0.25, -0.2) is 0 Å². The smallest absolute Gasteiger partial charge is 0.166 e. The van der Waals surface area contributed by atoms with Gasteiger partial charge in [0.1, 0.15) is 23.2 Å². The molecular formula is C25H18F12P+. The van der Waals surface area contributed by atoms with Gasteiger partial charge in [-0.1, -0.05) is 0 Å². The summed E-state index contributed by atoms with van der Waals surface area (Å²) in [7, 11) is -3.97. The number of hydrogen-bond donors (Lipinski definition) is 0. The van der Waals surface area contributed by atoms with E-state index in [1.165, 1.54) is 13.8 Å². The normalized spacial score (nSPS) is 13.7. The van der Waals surface area contributed by atoms with Crippen molar-refractivity contribution in [1.82, 2.24) is 0 Å². The molecule has 13 heteroatoms. The molecule has 0 radical (unpaired) electrons. The van der Waals surface area contributed by atoms with Crippen LogP contribution in [0.2, 0.25) is 0 Å². The summed E-state index contributed by atoms with van der Waals surface area (Å²) in [6, 6.07) is 5.38. The maximum atomic E-state index is 13.6. The molecule has 0 aliphatic rings. The van der Waals surface area contributed by atoms with Crippen LogP contribution in [-0.4, -0.2) is 6.66 Å². The Bertz CT molecular complexity index is 1250. The molecule has 0 aromatic heterocycles. The summed E-state index contributed by atoms with van der Waals surface area (Å²) in [4.78, 5) is 0. The number of halogens is 12. The predicted octanol–water partition coefficient (Wildman–Crippen LogP) is 8.30. The summed E-state index contributed by atoms with van der Waals surface area (Å²) in [5, 5.41) is -1.36. The summed E-state index contributed by atoms with van der Waals surface area (Å²) in [6.45, 7) is 3.56. The van der Waals surface area contributed by atoms with Crippen LogP contribution < -0.4 is 15.9 Å². The summed E-state index contributed by atoms with van der Waals surface area (Å²) in [6.07, 6.45) is -20.5. The van der Waals surface area contributed by atoms with Crippen molar-refractivity contribution in [2.24, 2.45) is 0 Å². The van der Waals surface area contributed by atoms with Crippen LogP contribution in [0.1, 0.15) is 33.4 Å². The van der Waals surface area contributed by atoms with E-state index in [0.29, 0.717) is 24.3 Å². The van der Waals surface area contributed by atoms with Gasteiger partial charge in [0.15, 0.2) is 0 Å². The Labute approximate surface area is 209 Å². The van der Waals surface area contributed by atoms with Crippen molar-refractivity contribution in [2.75, 3.05) is 6.66 Å². The molecule has 0 nitrogen and oxygen atoms in total. The molecule has 0 saturated heterocycles. The third kappa shape index (κ3) is 6.11. The zero-order valence-electron chi connectivity index (χ0n) is 19.7. The largest absolute Gasteiger partial charge is 0.416 e. The van der Waals surface area contributed by atoms with Crippen LogP contribution in [0.15, 0.2) is 54.6 Å². The molecule has 206 valence electrons. The van der Waals surface area contributed by atoms with Gasteiger partial charge >= 0.3 is 24.7 Å². The van der Waals surface area contributed by atoms with Crippen LogP contribution in [0.25, 0.3) is 0 Å². The Hall–Kier alpha value is -2.75. The van der Waals surface area contributed by atoms with E-state index in [1.54, 1.807) is 0 Å². The second-order valence-electron chi connectivity index (χ2n) is 8.88. The number of hydrogen-bond acceptors (Lipinski definition) is 0. The third-order valence-electron chi connectivity index (χ3n) is 5.90. The zero-order chi connectivity index (χ0) is 29.1. The Balaban J connectivity index is 2.54. The molecule has 0 heterocycles. The van der Waals surface area contributed by atoms with Crippen LogP contribution in [-0.2, 0) is 24.7 Å². The van der Waals surface area contributed by atoms with Crippen LogP contribution in [0.5, 0.6) is 0 Å². The molecule has 3 rings (SSSR count). The van der Waals surface area contributed by atoms with Crippen LogP contribution in [0.3, 0.4) is 0 Å². The van der Waals surface area contributed by atoms with Crippen molar-refractivity contribution in [2.45, 2.75) is 38.6 Å². The number of benzene rings is 3. The molecule has 0 amide bonds. The molecule has 0 aliphatic carbocycles. The summed E-state index contributed by atoms with van der Waals surface area (Å²) >= 11 is 0. The lowest BCUT2D eigenvalue weighted by Crippen LogP contribution is -2.33. The van der Waals surface area contributed by atoms with Gasteiger partial charge in [0, 0.05) is 0 Å². The van der Waals surface area contributed by atoms with Crippen molar-refractivity contribution < 1.29 is 52.7 Å². The van der Waals surface area contributed by atoms with Gasteiger partial charge in [0.25, 0.3) is 0 Å². The van der Waals surface area contributed by atoms with Crippen LogP contribution in [0, 0.1) is 13.8 Å². The van der Waals surface area contributed by atoms with Gasteiger partial charge in [-0.2, -0.15) is 52.7 Å². The van der Waals surface area contributed by atoms with Gasteiger partial charge in [0.2, 0.25) is 0 Å². The molecule has 0 saturated carbocycles. The molecule has 3 aromatic carbocycles. The van der Waals surface area contributed by atoms with Gasteiger partial charge in [-0.15, -0.1) is 0 Å². The molecule has 0 aliphatic heterocycles. The van der Waals surface area contributed by atoms with E-state index in [9.17, 15) is 52.7 Å². The highest BCUT2D eigenvalue weighted by molar-refractivity contribution is 7.95. The van der Waals surface area contributed by atoms with E-state index in [2.05, 4.69) is 0 Å². The molecule has 0 N–H and O–H groups in total. The van der Waals surface area contributed by atoms with E-state index in [4.69, 9.17) is 0 Å². The molecule has 3 aromatic rings. The van der Waals surface area contributed by atoms with E-state index in [1.807, 2.05) is 0 Å². The van der Waals surface area contributed by atoms with Crippen molar-refractivity contribution in [3.05, 3.63) is 88.0 Å². The van der Waals surface area contributed by atoms with Gasteiger partial charge in [-0.05, 0) is 79.6 Å². The monoisotopic (exact) mass is 577 g/mol. The molecule has 38 heavy (non-hydrogen) atoms. The Morgan fingerprint density at radius 2 is 0.632 bits per heavy atom. The number of aryl methyl sites for hydroxylation is 2. The third-order valence-corrected chi connectivity index (χ3v) is 9.77. The minimum atomic E-state index is -5.28. The molecule has 0 fully saturated rings. The first-order valence-electron chi connectivity index (χ1n) is 10.6. The van der Waals surface area contributed by atoms with Crippen molar-refractivity contribution in [3.63, 3.8) is 0 Å². The van der Waals surface area contributed by atoms with E-state index >= 15 is 0 Å². The van der Waals surface area contributed by atoms with Gasteiger partial charge < -0.3 is 0 Å². The lowest BCUT2D eigenvalue weighted by molar-refractivity contribution is -0.143. The second kappa shape index (κ2) is 9.47. The average Bonchev–Trinajstić information content (AvgIpc) is 2.75. The lowest BCUT2D eigenvalue weighted by atomic mass is 10.1. The summed E-state index contributed by atoms with van der Waals surface area (Å²) < 4.78 is 164. The molecule has 0 unspecified atom stereocenters. The maximum Gasteiger partial charge on any atom is 0.416 e. The average molecular weight is 577 g/mol. The van der Waals surface area contributed by atoms with E-state index in [-0.39, 0.29) is 27.8 Å². The van der Waals surface area contributed by atoms with Gasteiger partial charge in [0.05, 0.1) is 28.9 Å². The first-order chi connectivity index (χ1) is 17.0.